The zero-order valence-electron chi connectivity index (χ0n) is 20.0. The minimum Gasteiger partial charge on any atom is -0.369 e. The fraction of sp³-hybridized carbons (Fsp3) is 0.560. The molecule has 12 heteroatoms. The number of nitrogens with zero attached hydrogens (tertiary/aromatic N) is 3. The van der Waals surface area contributed by atoms with Gasteiger partial charge >= 0.3 is 0 Å². The summed E-state index contributed by atoms with van der Waals surface area (Å²) in [5.74, 6) is -1.62. The third-order valence-electron chi connectivity index (χ3n) is 7.50. The van der Waals surface area contributed by atoms with E-state index in [4.69, 9.17) is 0 Å². The molecule has 37 heavy (non-hydrogen) atoms. The van der Waals surface area contributed by atoms with Crippen molar-refractivity contribution in [2.24, 2.45) is 5.92 Å². The first-order valence-corrected chi connectivity index (χ1v) is 15.0. The van der Waals surface area contributed by atoms with Crippen LogP contribution in [0.5, 0.6) is 0 Å². The van der Waals surface area contributed by atoms with Crippen LogP contribution in [-0.4, -0.2) is 55.6 Å². The van der Waals surface area contributed by atoms with Gasteiger partial charge in [-0.15, -0.1) is 11.3 Å². The number of thiazole rings is 1. The SMILES string of the molecule is N#CC1(NC(=O)C2CC(F)CCC2c2nc(C(F)F)sc2-c2ccc(N3CCS(=O)(=O)CC3)cc2)CC1. The van der Waals surface area contributed by atoms with E-state index in [0.29, 0.717) is 48.5 Å². The summed E-state index contributed by atoms with van der Waals surface area (Å²) in [4.78, 5) is 19.9. The van der Waals surface area contributed by atoms with Crippen LogP contribution in [0.3, 0.4) is 0 Å². The van der Waals surface area contributed by atoms with Crippen LogP contribution in [0.25, 0.3) is 10.4 Å². The highest BCUT2D eigenvalue weighted by molar-refractivity contribution is 7.91. The average molecular weight is 553 g/mol. The third-order valence-corrected chi connectivity index (χ3v) is 10.2. The number of hydrogen-bond acceptors (Lipinski definition) is 7. The van der Waals surface area contributed by atoms with Gasteiger partial charge in [-0.25, -0.2) is 26.6 Å². The number of rotatable bonds is 6. The second-order valence-electron chi connectivity index (χ2n) is 10.1. The molecule has 1 saturated heterocycles. The molecule has 5 rings (SSSR count). The van der Waals surface area contributed by atoms with Crippen LogP contribution in [0.2, 0.25) is 0 Å². The number of carbonyl (C=O) groups excluding carboxylic acids is 1. The maximum Gasteiger partial charge on any atom is 0.289 e. The molecule has 2 aliphatic carbocycles. The highest BCUT2D eigenvalue weighted by Crippen LogP contribution is 2.46. The van der Waals surface area contributed by atoms with E-state index in [1.807, 2.05) is 17.0 Å². The van der Waals surface area contributed by atoms with Crippen molar-refractivity contribution in [2.75, 3.05) is 29.5 Å². The fourth-order valence-electron chi connectivity index (χ4n) is 5.15. The lowest BCUT2D eigenvalue weighted by atomic mass is 9.75. The maximum atomic E-state index is 14.4. The number of alkyl halides is 3. The Morgan fingerprint density at radius 3 is 2.46 bits per heavy atom. The van der Waals surface area contributed by atoms with Crippen LogP contribution in [-0.2, 0) is 14.6 Å². The predicted molar refractivity (Wildman–Crippen MR) is 134 cm³/mol. The molecule has 3 aliphatic rings. The highest BCUT2D eigenvalue weighted by Gasteiger charge is 2.48. The lowest BCUT2D eigenvalue weighted by Crippen LogP contribution is -2.44. The molecule has 7 nitrogen and oxygen atoms in total. The van der Waals surface area contributed by atoms with Crippen LogP contribution < -0.4 is 10.2 Å². The predicted octanol–water partition coefficient (Wildman–Crippen LogP) is 4.38. The molecule has 3 atom stereocenters. The van der Waals surface area contributed by atoms with Crippen molar-refractivity contribution in [3.05, 3.63) is 35.0 Å². The summed E-state index contributed by atoms with van der Waals surface area (Å²) in [7, 11) is -3.02. The number of sulfone groups is 1. The van der Waals surface area contributed by atoms with Gasteiger partial charge < -0.3 is 10.2 Å². The standard InChI is InChI=1S/C25H27F3N4O3S2/c26-16-3-6-18(19(13-16)23(33)31-25(14-29)7-8-25)20-21(36-24(30-20)22(27)28)15-1-4-17(5-2-15)32-9-11-37(34,35)12-10-32/h1-2,4-5,16,18-19,22H,3,6-13H2,(H,31,33). The molecule has 0 radical (unpaired) electrons. The smallest absolute Gasteiger partial charge is 0.289 e. The van der Waals surface area contributed by atoms with Gasteiger partial charge in [0, 0.05) is 30.6 Å². The van der Waals surface area contributed by atoms with Gasteiger partial charge in [0.1, 0.15) is 11.7 Å². The molecule has 198 valence electrons. The van der Waals surface area contributed by atoms with Gasteiger partial charge in [-0.05, 0) is 49.8 Å². The normalized spacial score (nSPS) is 26.5. The van der Waals surface area contributed by atoms with Crippen LogP contribution in [0.1, 0.15) is 55.1 Å². The van der Waals surface area contributed by atoms with Gasteiger partial charge in [0.25, 0.3) is 6.43 Å². The quantitative estimate of drug-likeness (QED) is 0.571. The van der Waals surface area contributed by atoms with Crippen molar-refractivity contribution >= 4 is 32.8 Å². The Labute approximate surface area is 217 Å². The van der Waals surface area contributed by atoms with Crippen molar-refractivity contribution in [1.82, 2.24) is 10.3 Å². The number of aromatic nitrogens is 1. The second kappa shape index (κ2) is 9.91. The van der Waals surface area contributed by atoms with E-state index in [9.17, 15) is 31.6 Å². The molecule has 2 aromatic rings. The number of amides is 1. The zero-order chi connectivity index (χ0) is 26.4. The van der Waals surface area contributed by atoms with Gasteiger partial charge in [0.15, 0.2) is 14.8 Å². The van der Waals surface area contributed by atoms with Gasteiger partial charge in [-0.3, -0.25) is 4.79 Å². The van der Waals surface area contributed by atoms with E-state index in [2.05, 4.69) is 16.4 Å². The summed E-state index contributed by atoms with van der Waals surface area (Å²) < 4.78 is 65.3. The lowest BCUT2D eigenvalue weighted by Gasteiger charge is -2.32. The summed E-state index contributed by atoms with van der Waals surface area (Å²) >= 11 is 0.868. The Kier molecular flexibility index (Phi) is 6.96. The third kappa shape index (κ3) is 5.48. The molecule has 2 saturated carbocycles. The fourth-order valence-corrected chi connectivity index (χ4v) is 7.35. The number of hydrogen-bond donors (Lipinski definition) is 1. The first kappa shape index (κ1) is 26.0. The summed E-state index contributed by atoms with van der Waals surface area (Å²) in [6.07, 6.45) is -2.44. The molecule has 1 aliphatic heterocycles. The van der Waals surface area contributed by atoms with Gasteiger partial charge in [0.05, 0.1) is 28.1 Å². The Morgan fingerprint density at radius 1 is 1.19 bits per heavy atom. The number of benzene rings is 1. The van der Waals surface area contributed by atoms with Gasteiger partial charge in [-0.1, -0.05) is 12.1 Å². The first-order valence-electron chi connectivity index (χ1n) is 12.3. The number of nitriles is 1. The summed E-state index contributed by atoms with van der Waals surface area (Å²) in [5.41, 5.74) is 0.948. The number of anilines is 1. The highest BCUT2D eigenvalue weighted by atomic mass is 32.2. The maximum absolute atomic E-state index is 14.4. The number of halogens is 3. The Bertz CT molecular complexity index is 1310. The average Bonchev–Trinajstić information content (AvgIpc) is 3.50. The Balaban J connectivity index is 1.44. The number of nitrogens with one attached hydrogen (secondary N) is 1. The summed E-state index contributed by atoms with van der Waals surface area (Å²) in [6.45, 7) is 0.771. The second-order valence-corrected chi connectivity index (χ2v) is 13.4. The first-order chi connectivity index (χ1) is 17.6. The van der Waals surface area contributed by atoms with Crippen LogP contribution in [0, 0.1) is 17.2 Å². The lowest BCUT2D eigenvalue weighted by molar-refractivity contribution is -0.128. The monoisotopic (exact) mass is 552 g/mol. The van der Waals surface area contributed by atoms with E-state index in [-0.39, 0.29) is 29.4 Å². The minimum absolute atomic E-state index is 0.0458. The summed E-state index contributed by atoms with van der Waals surface area (Å²) in [6, 6.07) is 9.33. The van der Waals surface area contributed by atoms with E-state index in [1.54, 1.807) is 12.1 Å². The largest absolute Gasteiger partial charge is 0.369 e. The van der Waals surface area contributed by atoms with Crippen LogP contribution in [0.4, 0.5) is 18.9 Å². The van der Waals surface area contributed by atoms with E-state index < -0.39 is 45.7 Å². The minimum atomic E-state index is -3.02. The molecule has 3 fully saturated rings. The zero-order valence-corrected chi connectivity index (χ0v) is 21.6. The molecule has 2 heterocycles. The molecular formula is C25H27F3N4O3S2. The van der Waals surface area contributed by atoms with Crippen molar-refractivity contribution in [3.63, 3.8) is 0 Å². The van der Waals surface area contributed by atoms with E-state index in [0.717, 1.165) is 17.0 Å². The van der Waals surface area contributed by atoms with Crippen molar-refractivity contribution in [2.45, 2.75) is 56.2 Å². The topological polar surface area (TPSA) is 103 Å². The van der Waals surface area contributed by atoms with Crippen molar-refractivity contribution < 1.29 is 26.4 Å². The van der Waals surface area contributed by atoms with Crippen LogP contribution in [0.15, 0.2) is 24.3 Å². The molecule has 1 amide bonds. The molecule has 3 unspecified atom stereocenters. The van der Waals surface area contributed by atoms with Crippen molar-refractivity contribution in [1.29, 1.82) is 5.26 Å². The van der Waals surface area contributed by atoms with Gasteiger partial charge in [-0.2, -0.15) is 5.26 Å². The Morgan fingerprint density at radius 2 is 1.86 bits per heavy atom. The molecule has 1 aromatic carbocycles. The van der Waals surface area contributed by atoms with Crippen molar-refractivity contribution in [3.8, 4) is 16.5 Å². The van der Waals surface area contributed by atoms with Gasteiger partial charge in [0.2, 0.25) is 5.91 Å². The van der Waals surface area contributed by atoms with E-state index in [1.165, 1.54) is 0 Å². The Hall–Kier alpha value is -2.65. The van der Waals surface area contributed by atoms with E-state index >= 15 is 0 Å². The number of carbonyl (C=O) groups is 1. The summed E-state index contributed by atoms with van der Waals surface area (Å²) in [5, 5.41) is 11.8. The molecule has 0 bridgehead atoms. The molecule has 0 spiro atoms. The van der Waals surface area contributed by atoms with Crippen LogP contribution >= 0.6 is 11.3 Å². The molecule has 1 N–H and O–H groups in total. The molecular weight excluding hydrogens is 525 g/mol. The molecule has 1 aromatic heterocycles.